The molecular formula is C11H15N3O4S. The lowest BCUT2D eigenvalue weighted by atomic mass is 10.2. The summed E-state index contributed by atoms with van der Waals surface area (Å²) in [5.74, 6) is -1.68. The lowest BCUT2D eigenvalue weighted by Gasteiger charge is -2.07. The van der Waals surface area contributed by atoms with Crippen molar-refractivity contribution in [2.45, 2.75) is 6.42 Å². The Bertz CT molecular complexity index is 433. The molecule has 0 saturated heterocycles. The number of rotatable bonds is 7. The first-order valence-corrected chi connectivity index (χ1v) is 6.53. The van der Waals surface area contributed by atoms with Crippen LogP contribution in [0.15, 0.2) is 16.8 Å². The molecular weight excluding hydrogens is 270 g/mol. The van der Waals surface area contributed by atoms with Crippen molar-refractivity contribution in [3.05, 3.63) is 22.4 Å². The van der Waals surface area contributed by atoms with Gasteiger partial charge < -0.3 is 21.1 Å². The van der Waals surface area contributed by atoms with E-state index in [1.165, 1.54) is 0 Å². The van der Waals surface area contributed by atoms with Crippen molar-refractivity contribution < 1.29 is 19.5 Å². The van der Waals surface area contributed by atoms with Gasteiger partial charge in [0.1, 0.15) is 6.54 Å². The number of carboxylic acid groups (broad SMARTS) is 1. The van der Waals surface area contributed by atoms with Gasteiger partial charge in [-0.25, -0.2) is 4.79 Å². The van der Waals surface area contributed by atoms with E-state index in [0.717, 1.165) is 12.0 Å². The Morgan fingerprint density at radius 1 is 1.16 bits per heavy atom. The Labute approximate surface area is 114 Å². The van der Waals surface area contributed by atoms with Crippen LogP contribution in [-0.2, 0) is 16.0 Å². The van der Waals surface area contributed by atoms with Gasteiger partial charge in [0.15, 0.2) is 0 Å². The quantitative estimate of drug-likeness (QED) is 0.556. The summed E-state index contributed by atoms with van der Waals surface area (Å²) in [6.45, 7) is -0.239. The largest absolute Gasteiger partial charge is 0.480 e. The van der Waals surface area contributed by atoms with Crippen molar-refractivity contribution in [3.63, 3.8) is 0 Å². The van der Waals surface area contributed by atoms with Gasteiger partial charge in [-0.3, -0.25) is 9.59 Å². The maximum atomic E-state index is 11.3. The number of nitrogens with one attached hydrogen (secondary N) is 3. The van der Waals surface area contributed by atoms with Crippen LogP contribution < -0.4 is 16.0 Å². The molecule has 104 valence electrons. The van der Waals surface area contributed by atoms with Gasteiger partial charge in [-0.1, -0.05) is 0 Å². The van der Waals surface area contributed by atoms with E-state index in [2.05, 4.69) is 16.0 Å². The van der Waals surface area contributed by atoms with Gasteiger partial charge in [-0.2, -0.15) is 11.3 Å². The third-order valence-corrected chi connectivity index (χ3v) is 2.86. The number of aliphatic carboxylic acids is 1. The second-order valence-electron chi connectivity index (χ2n) is 3.66. The average molecular weight is 285 g/mol. The van der Waals surface area contributed by atoms with Gasteiger partial charge in [0, 0.05) is 6.54 Å². The van der Waals surface area contributed by atoms with Crippen LogP contribution in [0.1, 0.15) is 5.56 Å². The minimum atomic E-state index is -1.13. The molecule has 0 spiro atoms. The van der Waals surface area contributed by atoms with Crippen LogP contribution in [0.25, 0.3) is 0 Å². The molecule has 0 fully saturated rings. The summed E-state index contributed by atoms with van der Waals surface area (Å²) < 4.78 is 0. The van der Waals surface area contributed by atoms with Crippen molar-refractivity contribution in [1.29, 1.82) is 0 Å². The number of hydrogen-bond donors (Lipinski definition) is 4. The van der Waals surface area contributed by atoms with E-state index in [0.29, 0.717) is 6.54 Å². The third-order valence-electron chi connectivity index (χ3n) is 2.13. The van der Waals surface area contributed by atoms with E-state index in [9.17, 15) is 14.4 Å². The molecule has 0 unspecified atom stereocenters. The van der Waals surface area contributed by atoms with Crippen LogP contribution in [0.2, 0.25) is 0 Å². The Hall–Kier alpha value is -2.09. The lowest BCUT2D eigenvalue weighted by Crippen LogP contribution is -2.43. The molecule has 3 amide bonds. The molecule has 1 heterocycles. The van der Waals surface area contributed by atoms with Crippen molar-refractivity contribution in [3.8, 4) is 0 Å². The summed E-state index contributed by atoms with van der Waals surface area (Å²) in [7, 11) is 0. The van der Waals surface area contributed by atoms with Crippen molar-refractivity contribution >= 4 is 29.2 Å². The summed E-state index contributed by atoms with van der Waals surface area (Å²) in [5.41, 5.74) is 1.14. The van der Waals surface area contributed by atoms with Crippen molar-refractivity contribution in [2.24, 2.45) is 0 Å². The first-order chi connectivity index (χ1) is 9.08. The summed E-state index contributed by atoms with van der Waals surface area (Å²) >= 11 is 1.59. The van der Waals surface area contributed by atoms with Gasteiger partial charge in [0.2, 0.25) is 5.91 Å². The molecule has 0 aliphatic heterocycles. The van der Waals surface area contributed by atoms with Crippen molar-refractivity contribution in [2.75, 3.05) is 19.6 Å². The Morgan fingerprint density at radius 2 is 1.95 bits per heavy atom. The Kier molecular flexibility index (Phi) is 6.37. The average Bonchev–Trinajstić information content (AvgIpc) is 2.87. The molecule has 1 rings (SSSR count). The van der Waals surface area contributed by atoms with Gasteiger partial charge in [-0.05, 0) is 28.8 Å². The molecule has 0 aromatic carbocycles. The predicted molar refractivity (Wildman–Crippen MR) is 70.1 cm³/mol. The number of carboxylic acids is 1. The molecule has 0 aliphatic carbocycles. The summed E-state index contributed by atoms with van der Waals surface area (Å²) in [6, 6.07) is 1.52. The van der Waals surface area contributed by atoms with E-state index in [1.807, 2.05) is 16.8 Å². The van der Waals surface area contributed by atoms with E-state index >= 15 is 0 Å². The topological polar surface area (TPSA) is 108 Å². The SMILES string of the molecule is O=C(O)CNC(=O)CNC(=O)NCCc1ccsc1. The zero-order valence-corrected chi connectivity index (χ0v) is 11.0. The number of amides is 3. The highest BCUT2D eigenvalue weighted by Crippen LogP contribution is 2.05. The smallest absolute Gasteiger partial charge is 0.322 e. The van der Waals surface area contributed by atoms with E-state index in [1.54, 1.807) is 11.3 Å². The Balaban J connectivity index is 2.07. The summed E-state index contributed by atoms with van der Waals surface area (Å²) in [5, 5.41) is 19.4. The molecule has 0 bridgehead atoms. The first kappa shape index (κ1) is 15.0. The van der Waals surface area contributed by atoms with Crippen LogP contribution in [0, 0.1) is 0 Å². The molecule has 1 aromatic rings. The number of urea groups is 1. The summed E-state index contributed by atoms with van der Waals surface area (Å²) in [4.78, 5) is 32.6. The number of carbonyl (C=O) groups excluding carboxylic acids is 2. The fraction of sp³-hybridized carbons (Fsp3) is 0.364. The fourth-order valence-electron chi connectivity index (χ4n) is 1.22. The van der Waals surface area contributed by atoms with E-state index in [-0.39, 0.29) is 6.54 Å². The molecule has 4 N–H and O–H groups in total. The molecule has 0 saturated carbocycles. The summed E-state index contributed by atoms with van der Waals surface area (Å²) in [6.07, 6.45) is 0.724. The zero-order chi connectivity index (χ0) is 14.1. The second-order valence-corrected chi connectivity index (χ2v) is 4.44. The van der Waals surface area contributed by atoms with Gasteiger partial charge in [0.05, 0.1) is 6.54 Å². The number of carbonyl (C=O) groups is 3. The zero-order valence-electron chi connectivity index (χ0n) is 10.1. The minimum absolute atomic E-state index is 0.252. The normalized spacial score (nSPS) is 9.68. The Morgan fingerprint density at radius 3 is 2.58 bits per heavy atom. The molecule has 1 aromatic heterocycles. The highest BCUT2D eigenvalue weighted by atomic mass is 32.1. The molecule has 0 radical (unpaired) electrons. The van der Waals surface area contributed by atoms with E-state index < -0.39 is 24.5 Å². The highest BCUT2D eigenvalue weighted by molar-refractivity contribution is 7.07. The van der Waals surface area contributed by atoms with Gasteiger partial charge >= 0.3 is 12.0 Å². The molecule has 0 atom stereocenters. The highest BCUT2D eigenvalue weighted by Gasteiger charge is 2.06. The van der Waals surface area contributed by atoms with Crippen LogP contribution in [0.4, 0.5) is 4.79 Å². The maximum absolute atomic E-state index is 11.3. The van der Waals surface area contributed by atoms with Crippen molar-refractivity contribution in [1.82, 2.24) is 16.0 Å². The number of hydrogen-bond acceptors (Lipinski definition) is 4. The van der Waals surface area contributed by atoms with Crippen LogP contribution >= 0.6 is 11.3 Å². The monoisotopic (exact) mass is 285 g/mol. The lowest BCUT2D eigenvalue weighted by molar-refractivity contribution is -0.137. The predicted octanol–water partition coefficient (Wildman–Crippen LogP) is -0.209. The molecule has 19 heavy (non-hydrogen) atoms. The van der Waals surface area contributed by atoms with Gasteiger partial charge in [-0.15, -0.1) is 0 Å². The molecule has 0 aliphatic rings. The standard InChI is InChI=1S/C11H15N3O4S/c15-9(13-6-10(16)17)5-14-11(18)12-3-1-8-2-4-19-7-8/h2,4,7H,1,3,5-6H2,(H,13,15)(H,16,17)(H2,12,14,18). The van der Waals surface area contributed by atoms with Crippen LogP contribution in [0.3, 0.4) is 0 Å². The third kappa shape index (κ3) is 7.04. The van der Waals surface area contributed by atoms with Gasteiger partial charge in [0.25, 0.3) is 0 Å². The molecule has 8 heteroatoms. The fourth-order valence-corrected chi connectivity index (χ4v) is 1.92. The second kappa shape index (κ2) is 8.09. The van der Waals surface area contributed by atoms with Crippen LogP contribution in [0.5, 0.6) is 0 Å². The van der Waals surface area contributed by atoms with E-state index in [4.69, 9.17) is 5.11 Å². The first-order valence-electron chi connectivity index (χ1n) is 5.59. The van der Waals surface area contributed by atoms with Crippen LogP contribution in [-0.4, -0.2) is 42.6 Å². The minimum Gasteiger partial charge on any atom is -0.480 e. The molecule has 7 nitrogen and oxygen atoms in total. The number of thiophene rings is 1. The maximum Gasteiger partial charge on any atom is 0.322 e.